The summed E-state index contributed by atoms with van der Waals surface area (Å²) in [5, 5.41) is 0.369. The number of amides is 2. The van der Waals surface area contributed by atoms with Crippen molar-refractivity contribution >= 4 is 29.1 Å². The molecule has 2 amide bonds. The van der Waals surface area contributed by atoms with Crippen LogP contribution < -0.4 is 14.4 Å². The highest BCUT2D eigenvalue weighted by Gasteiger charge is 2.23. The Morgan fingerprint density at radius 3 is 2.29 bits per heavy atom. The number of unbranched alkanes of at least 4 members (excludes halogenated alkanes) is 1. The molecule has 24 heavy (non-hydrogen) atoms. The van der Waals surface area contributed by atoms with Gasteiger partial charge in [-0.1, -0.05) is 24.9 Å². The van der Waals surface area contributed by atoms with Crippen molar-refractivity contribution in [3.05, 3.63) is 17.2 Å². The Kier molecular flexibility index (Phi) is 7.85. The minimum absolute atomic E-state index is 0.0727. The van der Waals surface area contributed by atoms with Crippen LogP contribution in [-0.4, -0.2) is 51.1 Å². The molecule has 0 aliphatic carbocycles. The second kappa shape index (κ2) is 9.37. The molecular formula is C17H25ClN2O4. The third-order valence-corrected chi connectivity index (χ3v) is 3.99. The molecule has 0 aliphatic heterocycles. The van der Waals surface area contributed by atoms with Crippen molar-refractivity contribution < 1.29 is 19.1 Å². The molecule has 7 heteroatoms. The van der Waals surface area contributed by atoms with E-state index in [0.29, 0.717) is 28.8 Å². The van der Waals surface area contributed by atoms with Crippen molar-refractivity contribution in [3.63, 3.8) is 0 Å². The summed E-state index contributed by atoms with van der Waals surface area (Å²) < 4.78 is 10.5. The molecule has 134 valence electrons. The lowest BCUT2D eigenvalue weighted by Crippen LogP contribution is -2.41. The number of nitrogens with zero attached hydrogens (tertiary/aromatic N) is 2. The van der Waals surface area contributed by atoms with Crippen LogP contribution in [0.5, 0.6) is 11.5 Å². The normalized spacial score (nSPS) is 10.2. The smallest absolute Gasteiger partial charge is 0.242 e. The first-order chi connectivity index (χ1) is 11.3. The van der Waals surface area contributed by atoms with Crippen LogP contribution in [0.25, 0.3) is 0 Å². The lowest BCUT2D eigenvalue weighted by atomic mass is 10.2. The van der Waals surface area contributed by atoms with Gasteiger partial charge in [-0.3, -0.25) is 14.5 Å². The number of ether oxygens (including phenoxy) is 2. The molecule has 0 atom stereocenters. The first-order valence-corrected chi connectivity index (χ1v) is 8.17. The van der Waals surface area contributed by atoms with Crippen molar-refractivity contribution in [1.82, 2.24) is 4.90 Å². The lowest BCUT2D eigenvalue weighted by molar-refractivity contribution is -0.130. The summed E-state index contributed by atoms with van der Waals surface area (Å²) in [5.41, 5.74) is 0.448. The Labute approximate surface area is 148 Å². The summed E-state index contributed by atoms with van der Waals surface area (Å²) >= 11 is 6.09. The van der Waals surface area contributed by atoms with Crippen LogP contribution in [-0.2, 0) is 9.59 Å². The number of carbonyl (C=O) groups is 2. The van der Waals surface area contributed by atoms with Crippen LogP contribution in [0.15, 0.2) is 12.1 Å². The zero-order chi connectivity index (χ0) is 18.3. The van der Waals surface area contributed by atoms with E-state index in [0.717, 1.165) is 12.8 Å². The Balaban J connectivity index is 3.12. The summed E-state index contributed by atoms with van der Waals surface area (Å²) in [6.07, 6.45) is 1.91. The number of halogens is 1. The van der Waals surface area contributed by atoms with Crippen LogP contribution in [0.2, 0.25) is 5.02 Å². The maximum atomic E-state index is 12.4. The van der Waals surface area contributed by atoms with E-state index >= 15 is 0 Å². The fraction of sp³-hybridized carbons (Fsp3) is 0.529. The van der Waals surface area contributed by atoms with Gasteiger partial charge >= 0.3 is 0 Å². The van der Waals surface area contributed by atoms with E-state index in [1.165, 1.54) is 26.0 Å². The molecule has 6 nitrogen and oxygen atoms in total. The van der Waals surface area contributed by atoms with Gasteiger partial charge in [-0.05, 0) is 6.42 Å². The molecule has 0 saturated heterocycles. The molecule has 0 fully saturated rings. The van der Waals surface area contributed by atoms with Gasteiger partial charge in [0, 0.05) is 32.6 Å². The minimum atomic E-state index is -0.269. The number of hydrogen-bond acceptors (Lipinski definition) is 4. The van der Waals surface area contributed by atoms with E-state index in [9.17, 15) is 9.59 Å². The third kappa shape index (κ3) is 5.03. The maximum Gasteiger partial charge on any atom is 0.242 e. The van der Waals surface area contributed by atoms with E-state index in [4.69, 9.17) is 21.1 Å². The van der Waals surface area contributed by atoms with Crippen molar-refractivity contribution in [1.29, 1.82) is 0 Å². The molecule has 0 saturated carbocycles. The van der Waals surface area contributed by atoms with Gasteiger partial charge in [0.25, 0.3) is 0 Å². The van der Waals surface area contributed by atoms with Crippen LogP contribution >= 0.6 is 11.6 Å². The van der Waals surface area contributed by atoms with Crippen LogP contribution in [0.4, 0.5) is 5.69 Å². The Morgan fingerprint density at radius 2 is 1.79 bits per heavy atom. The van der Waals surface area contributed by atoms with E-state index in [-0.39, 0.29) is 18.4 Å². The monoisotopic (exact) mass is 356 g/mol. The van der Waals surface area contributed by atoms with Gasteiger partial charge in [0.15, 0.2) is 0 Å². The van der Waals surface area contributed by atoms with Crippen molar-refractivity contribution in [3.8, 4) is 11.5 Å². The van der Waals surface area contributed by atoms with E-state index in [2.05, 4.69) is 6.92 Å². The number of anilines is 1. The molecule has 0 spiro atoms. The van der Waals surface area contributed by atoms with Crippen LogP contribution in [0.1, 0.15) is 26.7 Å². The molecule has 1 aromatic rings. The fourth-order valence-corrected chi connectivity index (χ4v) is 2.43. The zero-order valence-corrected chi connectivity index (χ0v) is 15.6. The topological polar surface area (TPSA) is 59.1 Å². The molecule has 0 radical (unpaired) electrons. The van der Waals surface area contributed by atoms with Gasteiger partial charge in [-0.2, -0.15) is 0 Å². The average molecular weight is 357 g/mol. The summed E-state index contributed by atoms with van der Waals surface area (Å²) in [7, 11) is 4.70. The lowest BCUT2D eigenvalue weighted by Gasteiger charge is -2.26. The summed E-state index contributed by atoms with van der Waals surface area (Å²) in [5.74, 6) is 0.398. The molecular weight excluding hydrogens is 332 g/mol. The molecule has 1 rings (SSSR count). The van der Waals surface area contributed by atoms with Gasteiger partial charge in [0.05, 0.1) is 24.9 Å². The molecule has 1 aromatic carbocycles. The summed E-state index contributed by atoms with van der Waals surface area (Å²) in [4.78, 5) is 27.5. The number of methoxy groups -OCH3 is 2. The van der Waals surface area contributed by atoms with E-state index in [1.54, 1.807) is 24.1 Å². The van der Waals surface area contributed by atoms with Gasteiger partial charge in [0.2, 0.25) is 11.8 Å². The van der Waals surface area contributed by atoms with E-state index in [1.807, 2.05) is 0 Å². The number of rotatable bonds is 8. The predicted molar refractivity (Wildman–Crippen MR) is 95.1 cm³/mol. The fourth-order valence-electron chi connectivity index (χ4n) is 2.20. The highest BCUT2D eigenvalue weighted by molar-refractivity contribution is 6.32. The standard InChI is InChI=1S/C17H25ClN2O4/c1-6-7-8-19(3)17(22)11-20(12(2)21)14-10-15(23-4)13(18)9-16(14)24-5/h9-10H,6-8,11H2,1-5H3. The second-order valence-corrected chi connectivity index (χ2v) is 5.84. The maximum absolute atomic E-state index is 12.4. The van der Waals surface area contributed by atoms with Gasteiger partial charge in [0.1, 0.15) is 18.0 Å². The molecule has 0 heterocycles. The molecule has 0 N–H and O–H groups in total. The summed E-state index contributed by atoms with van der Waals surface area (Å²) in [6.45, 7) is 4.05. The third-order valence-electron chi connectivity index (χ3n) is 3.69. The molecule has 0 aliphatic rings. The van der Waals surface area contributed by atoms with Crippen molar-refractivity contribution in [2.75, 3.05) is 39.3 Å². The number of likely N-dealkylation sites (N-methyl/N-ethyl adjacent to an activating group) is 1. The van der Waals surface area contributed by atoms with Gasteiger partial charge in [-0.25, -0.2) is 0 Å². The van der Waals surface area contributed by atoms with E-state index < -0.39 is 0 Å². The molecule has 0 unspecified atom stereocenters. The Bertz CT molecular complexity index is 592. The van der Waals surface area contributed by atoms with Crippen LogP contribution in [0.3, 0.4) is 0 Å². The number of benzene rings is 1. The molecule has 0 bridgehead atoms. The zero-order valence-electron chi connectivity index (χ0n) is 14.9. The number of carbonyl (C=O) groups excluding carboxylic acids is 2. The first kappa shape index (κ1) is 20.1. The highest BCUT2D eigenvalue weighted by Crippen LogP contribution is 2.38. The second-order valence-electron chi connectivity index (χ2n) is 5.43. The minimum Gasteiger partial charge on any atom is -0.495 e. The summed E-state index contributed by atoms with van der Waals surface area (Å²) in [6, 6.07) is 3.17. The largest absolute Gasteiger partial charge is 0.495 e. The Hall–Kier alpha value is -1.95. The quantitative estimate of drug-likeness (QED) is 0.718. The van der Waals surface area contributed by atoms with Crippen molar-refractivity contribution in [2.24, 2.45) is 0 Å². The van der Waals surface area contributed by atoms with Gasteiger partial charge < -0.3 is 14.4 Å². The average Bonchev–Trinajstić information content (AvgIpc) is 2.56. The molecule has 0 aromatic heterocycles. The predicted octanol–water partition coefficient (Wildman–Crippen LogP) is 2.97. The van der Waals surface area contributed by atoms with Gasteiger partial charge in [-0.15, -0.1) is 0 Å². The first-order valence-electron chi connectivity index (χ1n) is 7.79. The highest BCUT2D eigenvalue weighted by atomic mass is 35.5. The SMILES string of the molecule is CCCCN(C)C(=O)CN(C(C)=O)c1cc(OC)c(Cl)cc1OC. The van der Waals surface area contributed by atoms with Crippen LogP contribution in [0, 0.1) is 0 Å². The Morgan fingerprint density at radius 1 is 1.17 bits per heavy atom. The van der Waals surface area contributed by atoms with Crippen molar-refractivity contribution in [2.45, 2.75) is 26.7 Å². The number of hydrogen-bond donors (Lipinski definition) is 0.